The van der Waals surface area contributed by atoms with Crippen LogP contribution in [-0.2, 0) is 4.74 Å². The van der Waals surface area contributed by atoms with Gasteiger partial charge in [-0.15, -0.1) is 0 Å². The number of nitrogen functional groups attached to an aromatic ring is 1. The van der Waals surface area contributed by atoms with Crippen LogP contribution in [0.4, 0.5) is 11.6 Å². The summed E-state index contributed by atoms with van der Waals surface area (Å²) >= 11 is 0. The maximum Gasteiger partial charge on any atom is 0.352 e. The lowest BCUT2D eigenvalue weighted by Gasteiger charge is -2.14. The Hall–Kier alpha value is -1.96. The lowest BCUT2D eigenvalue weighted by atomic mass is 10.3. The summed E-state index contributed by atoms with van der Waals surface area (Å²) in [6.07, 6.45) is -0.364. The van der Waals surface area contributed by atoms with Gasteiger partial charge in [-0.05, 0) is 20.8 Å². The summed E-state index contributed by atoms with van der Waals surface area (Å²) in [6.45, 7) is 5.92. The second kappa shape index (κ2) is 6.10. The highest BCUT2D eigenvalue weighted by Gasteiger charge is 2.24. The number of nitrogens with two attached hydrogens (primary N) is 1. The number of hydrogen-bond acceptors (Lipinski definition) is 7. The van der Waals surface area contributed by atoms with E-state index in [-0.39, 0.29) is 29.3 Å². The van der Waals surface area contributed by atoms with Crippen molar-refractivity contribution in [2.45, 2.75) is 26.9 Å². The number of nitro groups is 1. The summed E-state index contributed by atoms with van der Waals surface area (Å²) in [5.74, 6) is -0.186. The van der Waals surface area contributed by atoms with E-state index in [1.807, 2.05) is 6.92 Å². The molecule has 1 rings (SSSR count). The molecule has 0 radical (unpaired) electrons. The minimum Gasteiger partial charge on any atom is -0.467 e. The van der Waals surface area contributed by atoms with E-state index in [2.05, 4.69) is 9.97 Å². The maximum atomic E-state index is 10.9. The average molecular weight is 256 g/mol. The van der Waals surface area contributed by atoms with Crippen molar-refractivity contribution in [3.63, 3.8) is 0 Å². The highest BCUT2D eigenvalue weighted by molar-refractivity contribution is 5.47. The third-order valence-electron chi connectivity index (χ3n) is 2.10. The zero-order valence-corrected chi connectivity index (χ0v) is 10.5. The molecule has 1 atom stereocenters. The van der Waals surface area contributed by atoms with Gasteiger partial charge in [-0.25, -0.2) is 4.98 Å². The van der Waals surface area contributed by atoms with Crippen LogP contribution >= 0.6 is 0 Å². The molecular formula is C10H16N4O4. The van der Waals surface area contributed by atoms with Crippen LogP contribution < -0.4 is 10.5 Å². The molecule has 0 amide bonds. The molecule has 0 aliphatic heterocycles. The third kappa shape index (κ3) is 3.52. The molecule has 8 heteroatoms. The van der Waals surface area contributed by atoms with E-state index >= 15 is 0 Å². The number of anilines is 1. The molecule has 18 heavy (non-hydrogen) atoms. The van der Waals surface area contributed by atoms with Gasteiger partial charge in [0.15, 0.2) is 0 Å². The first-order valence-electron chi connectivity index (χ1n) is 5.48. The van der Waals surface area contributed by atoms with Gasteiger partial charge in [-0.3, -0.25) is 10.1 Å². The van der Waals surface area contributed by atoms with E-state index < -0.39 is 4.92 Å². The Kier molecular flexibility index (Phi) is 4.78. The number of ether oxygens (including phenoxy) is 2. The van der Waals surface area contributed by atoms with Crippen molar-refractivity contribution in [3.8, 4) is 5.88 Å². The monoisotopic (exact) mass is 256 g/mol. The molecule has 0 aliphatic carbocycles. The normalized spacial score (nSPS) is 12.2. The fourth-order valence-electron chi connectivity index (χ4n) is 1.36. The van der Waals surface area contributed by atoms with Crippen molar-refractivity contribution in [3.05, 3.63) is 15.8 Å². The smallest absolute Gasteiger partial charge is 0.352 e. The number of hydrogen-bond donors (Lipinski definition) is 1. The predicted octanol–water partition coefficient (Wildman–Crippen LogP) is 1.08. The second-order valence-corrected chi connectivity index (χ2v) is 3.67. The molecule has 1 unspecified atom stereocenters. The Balaban J connectivity index is 2.96. The molecular weight excluding hydrogens is 240 g/mol. The van der Waals surface area contributed by atoms with E-state index in [1.54, 1.807) is 6.92 Å². The van der Waals surface area contributed by atoms with Gasteiger partial charge < -0.3 is 15.2 Å². The Labute approximate surface area is 104 Å². The highest BCUT2D eigenvalue weighted by Crippen LogP contribution is 2.28. The fraction of sp³-hybridized carbons (Fsp3) is 0.600. The van der Waals surface area contributed by atoms with Crippen molar-refractivity contribution in [1.29, 1.82) is 0 Å². The molecule has 2 N–H and O–H groups in total. The van der Waals surface area contributed by atoms with Gasteiger partial charge >= 0.3 is 5.69 Å². The van der Waals surface area contributed by atoms with Crippen molar-refractivity contribution >= 4 is 11.6 Å². The lowest BCUT2D eigenvalue weighted by molar-refractivity contribution is -0.387. The van der Waals surface area contributed by atoms with Crippen molar-refractivity contribution in [2.24, 2.45) is 0 Å². The maximum absolute atomic E-state index is 10.9. The number of aryl methyl sites for hydroxylation is 1. The molecule has 0 bridgehead atoms. The summed E-state index contributed by atoms with van der Waals surface area (Å²) in [6, 6.07) is 0. The molecule has 0 spiro atoms. The molecule has 0 saturated heterocycles. The van der Waals surface area contributed by atoms with Crippen molar-refractivity contribution in [2.75, 3.05) is 18.9 Å². The Bertz CT molecular complexity index is 438. The summed E-state index contributed by atoms with van der Waals surface area (Å²) in [7, 11) is 0. The van der Waals surface area contributed by atoms with Crippen LogP contribution in [-0.4, -0.2) is 34.2 Å². The van der Waals surface area contributed by atoms with E-state index in [4.69, 9.17) is 15.2 Å². The van der Waals surface area contributed by atoms with Gasteiger partial charge in [0.1, 0.15) is 11.8 Å². The summed E-state index contributed by atoms with van der Waals surface area (Å²) in [4.78, 5) is 17.8. The zero-order chi connectivity index (χ0) is 13.7. The molecule has 0 aromatic carbocycles. The van der Waals surface area contributed by atoms with Crippen LogP contribution in [0.3, 0.4) is 0 Å². The van der Waals surface area contributed by atoms with E-state index in [0.29, 0.717) is 13.2 Å². The second-order valence-electron chi connectivity index (χ2n) is 3.67. The van der Waals surface area contributed by atoms with Gasteiger partial charge in [0, 0.05) is 6.61 Å². The Morgan fingerprint density at radius 1 is 1.50 bits per heavy atom. The van der Waals surface area contributed by atoms with E-state index in [0.717, 1.165) is 0 Å². The zero-order valence-electron chi connectivity index (χ0n) is 10.5. The molecule has 0 fully saturated rings. The van der Waals surface area contributed by atoms with Gasteiger partial charge in [0.25, 0.3) is 5.88 Å². The summed E-state index contributed by atoms with van der Waals surface area (Å²) in [5, 5.41) is 10.9. The summed E-state index contributed by atoms with van der Waals surface area (Å²) < 4.78 is 10.5. The van der Waals surface area contributed by atoms with Gasteiger partial charge in [0.05, 0.1) is 11.5 Å². The standard InChI is InChI=1S/C10H16N4O4/c1-4-17-5-6(2)18-9-8(14(15)16)7(3)12-10(11)13-9/h6H,4-5H2,1-3H3,(H2,11,12,13). The first-order chi connectivity index (χ1) is 8.45. The molecule has 0 aliphatic rings. The van der Waals surface area contributed by atoms with E-state index in [9.17, 15) is 10.1 Å². The van der Waals surface area contributed by atoms with Crippen LogP contribution in [0.25, 0.3) is 0 Å². The number of aromatic nitrogens is 2. The molecule has 1 heterocycles. The molecule has 1 aromatic heterocycles. The van der Waals surface area contributed by atoms with Crippen LogP contribution in [0.15, 0.2) is 0 Å². The summed E-state index contributed by atoms with van der Waals surface area (Å²) in [5.41, 5.74) is 5.35. The Morgan fingerprint density at radius 3 is 2.72 bits per heavy atom. The number of nitrogens with zero attached hydrogens (tertiary/aromatic N) is 3. The molecule has 100 valence electrons. The highest BCUT2D eigenvalue weighted by atomic mass is 16.6. The largest absolute Gasteiger partial charge is 0.467 e. The van der Waals surface area contributed by atoms with Gasteiger partial charge in [0.2, 0.25) is 5.95 Å². The third-order valence-corrected chi connectivity index (χ3v) is 2.10. The predicted molar refractivity (Wildman–Crippen MR) is 64.4 cm³/mol. The first kappa shape index (κ1) is 14.1. The number of rotatable bonds is 6. The lowest BCUT2D eigenvalue weighted by Crippen LogP contribution is -2.21. The van der Waals surface area contributed by atoms with E-state index in [1.165, 1.54) is 6.92 Å². The molecule has 1 aromatic rings. The SMILES string of the molecule is CCOCC(C)Oc1nc(N)nc(C)c1[N+](=O)[O-]. The average Bonchev–Trinajstić information content (AvgIpc) is 2.24. The Morgan fingerprint density at radius 2 is 2.17 bits per heavy atom. The van der Waals surface area contributed by atoms with Crippen molar-refractivity contribution in [1.82, 2.24) is 9.97 Å². The molecule has 0 saturated carbocycles. The quantitative estimate of drug-likeness (QED) is 0.598. The van der Waals surface area contributed by atoms with Crippen LogP contribution in [0.2, 0.25) is 0 Å². The minimum atomic E-state index is -0.586. The van der Waals surface area contributed by atoms with Crippen LogP contribution in [0, 0.1) is 17.0 Å². The van der Waals surface area contributed by atoms with Gasteiger partial charge in [-0.1, -0.05) is 0 Å². The van der Waals surface area contributed by atoms with Crippen LogP contribution in [0.5, 0.6) is 5.88 Å². The fourth-order valence-corrected chi connectivity index (χ4v) is 1.36. The first-order valence-corrected chi connectivity index (χ1v) is 5.48. The van der Waals surface area contributed by atoms with Gasteiger partial charge in [-0.2, -0.15) is 4.98 Å². The van der Waals surface area contributed by atoms with Crippen molar-refractivity contribution < 1.29 is 14.4 Å². The molecule has 8 nitrogen and oxygen atoms in total. The topological polar surface area (TPSA) is 113 Å². The minimum absolute atomic E-state index is 0.0586. The van der Waals surface area contributed by atoms with Crippen LogP contribution in [0.1, 0.15) is 19.5 Å².